The molecule has 0 saturated heterocycles. The molecule has 168 valence electrons. The molecule has 0 radical (unpaired) electrons. The Hall–Kier alpha value is -3.68. The number of carbonyl (C=O) groups excluding carboxylic acids is 1. The van der Waals surface area contributed by atoms with Crippen molar-refractivity contribution < 1.29 is 17.6 Å². The summed E-state index contributed by atoms with van der Waals surface area (Å²) in [6, 6.07) is 28.3. The van der Waals surface area contributed by atoms with E-state index in [1.54, 1.807) is 36.4 Å². The maximum atomic E-state index is 13.6. The highest BCUT2D eigenvalue weighted by atomic mass is 32.2. The number of anilines is 2. The molecule has 0 atom stereocenters. The molecule has 0 aliphatic heterocycles. The standard InChI is InChI=1S/C26H24N2O4S/c1-21-14-16-25(17-15-21)33(30,31)27(19-24-13-8-18-32-24)20-26(29)28(22-9-4-2-5-10-22)23-11-6-3-7-12-23/h2-18H,19-20H2,1H3. The number of para-hydroxylation sites is 2. The number of rotatable bonds is 8. The van der Waals surface area contributed by atoms with Crippen molar-refractivity contribution in [1.29, 1.82) is 0 Å². The number of sulfonamides is 1. The van der Waals surface area contributed by atoms with Crippen LogP contribution in [0.1, 0.15) is 11.3 Å². The monoisotopic (exact) mass is 460 g/mol. The molecule has 1 aromatic heterocycles. The number of aryl methyl sites for hydroxylation is 1. The summed E-state index contributed by atoms with van der Waals surface area (Å²) in [6.45, 7) is 1.46. The van der Waals surface area contributed by atoms with Gasteiger partial charge in [-0.05, 0) is 55.5 Å². The summed E-state index contributed by atoms with van der Waals surface area (Å²) in [6.07, 6.45) is 1.48. The van der Waals surface area contributed by atoms with Crippen molar-refractivity contribution in [3.63, 3.8) is 0 Å². The molecule has 4 rings (SSSR count). The van der Waals surface area contributed by atoms with Crippen LogP contribution < -0.4 is 4.90 Å². The molecule has 7 heteroatoms. The second-order valence-electron chi connectivity index (χ2n) is 7.57. The molecule has 0 aliphatic carbocycles. The number of hydrogen-bond donors (Lipinski definition) is 0. The lowest BCUT2D eigenvalue weighted by molar-refractivity contribution is -0.118. The summed E-state index contributed by atoms with van der Waals surface area (Å²) in [4.78, 5) is 15.3. The van der Waals surface area contributed by atoms with Crippen LogP contribution in [0.5, 0.6) is 0 Å². The van der Waals surface area contributed by atoms with Gasteiger partial charge in [0.05, 0.1) is 24.2 Å². The molecule has 4 aromatic rings. The molecule has 6 nitrogen and oxygen atoms in total. The van der Waals surface area contributed by atoms with Gasteiger partial charge in [-0.2, -0.15) is 4.31 Å². The predicted molar refractivity (Wildman–Crippen MR) is 128 cm³/mol. The zero-order valence-corrected chi connectivity index (χ0v) is 19.0. The zero-order valence-electron chi connectivity index (χ0n) is 18.2. The summed E-state index contributed by atoms with van der Waals surface area (Å²) in [5, 5.41) is 0. The number of furan rings is 1. The molecule has 0 spiro atoms. The number of nitrogens with zero attached hydrogens (tertiary/aromatic N) is 2. The Kier molecular flexibility index (Phi) is 6.72. The average molecular weight is 461 g/mol. The van der Waals surface area contributed by atoms with Crippen molar-refractivity contribution in [3.05, 3.63) is 115 Å². The van der Waals surface area contributed by atoms with Crippen molar-refractivity contribution in [2.45, 2.75) is 18.4 Å². The van der Waals surface area contributed by atoms with Crippen LogP contribution >= 0.6 is 0 Å². The maximum absolute atomic E-state index is 13.6. The third-order valence-corrected chi connectivity index (χ3v) is 6.97. The Bertz CT molecular complexity index is 1250. The first-order valence-corrected chi connectivity index (χ1v) is 11.9. The van der Waals surface area contributed by atoms with Crippen molar-refractivity contribution in [2.24, 2.45) is 0 Å². The van der Waals surface area contributed by atoms with E-state index in [0.717, 1.165) is 9.87 Å². The van der Waals surface area contributed by atoms with Crippen LogP contribution in [-0.4, -0.2) is 25.2 Å². The summed E-state index contributed by atoms with van der Waals surface area (Å²) < 4.78 is 33.6. The van der Waals surface area contributed by atoms with E-state index < -0.39 is 10.0 Å². The summed E-state index contributed by atoms with van der Waals surface area (Å²) in [5.74, 6) is 0.0686. The number of amides is 1. The Morgan fingerprint density at radius 2 is 1.36 bits per heavy atom. The molecule has 0 N–H and O–H groups in total. The lowest BCUT2D eigenvalue weighted by Gasteiger charge is -2.27. The summed E-state index contributed by atoms with van der Waals surface area (Å²) in [7, 11) is -3.96. The highest BCUT2D eigenvalue weighted by molar-refractivity contribution is 7.89. The first-order chi connectivity index (χ1) is 15.9. The van der Waals surface area contributed by atoms with Crippen molar-refractivity contribution >= 4 is 27.3 Å². The van der Waals surface area contributed by atoms with Crippen LogP contribution in [0, 0.1) is 6.92 Å². The minimum absolute atomic E-state index is 0.0631. The predicted octanol–water partition coefficient (Wildman–Crippen LogP) is 5.14. The molecule has 0 saturated carbocycles. The van der Waals surface area contributed by atoms with Gasteiger partial charge >= 0.3 is 0 Å². The third-order valence-electron chi connectivity index (χ3n) is 5.16. The maximum Gasteiger partial charge on any atom is 0.246 e. The first-order valence-electron chi connectivity index (χ1n) is 10.5. The Morgan fingerprint density at radius 3 is 1.88 bits per heavy atom. The van der Waals surface area contributed by atoms with Gasteiger partial charge < -0.3 is 4.42 Å². The molecule has 1 amide bonds. The lowest BCUT2D eigenvalue weighted by Crippen LogP contribution is -2.41. The molecule has 3 aromatic carbocycles. The van der Waals surface area contributed by atoms with Crippen molar-refractivity contribution in [1.82, 2.24) is 4.31 Å². The van der Waals surface area contributed by atoms with Gasteiger partial charge in [-0.3, -0.25) is 9.69 Å². The van der Waals surface area contributed by atoms with E-state index in [1.807, 2.05) is 67.6 Å². The third kappa shape index (κ3) is 5.22. The number of benzene rings is 3. The van der Waals surface area contributed by atoms with Gasteiger partial charge in [0.2, 0.25) is 15.9 Å². The van der Waals surface area contributed by atoms with Crippen LogP contribution in [0.2, 0.25) is 0 Å². The molecule has 0 fully saturated rings. The van der Waals surface area contributed by atoms with Crippen LogP contribution in [-0.2, 0) is 21.4 Å². The van der Waals surface area contributed by atoms with E-state index in [-0.39, 0.29) is 23.9 Å². The Labute approximate surface area is 193 Å². The van der Waals surface area contributed by atoms with E-state index in [9.17, 15) is 13.2 Å². The smallest absolute Gasteiger partial charge is 0.246 e. The molecule has 0 aliphatic rings. The highest BCUT2D eigenvalue weighted by Gasteiger charge is 2.30. The average Bonchev–Trinajstić information content (AvgIpc) is 3.34. The summed E-state index contributed by atoms with van der Waals surface area (Å²) >= 11 is 0. The van der Waals surface area contributed by atoms with E-state index in [2.05, 4.69) is 0 Å². The molecule has 1 heterocycles. The second kappa shape index (κ2) is 9.85. The minimum Gasteiger partial charge on any atom is -0.468 e. The van der Waals surface area contributed by atoms with Crippen LogP contribution in [0.15, 0.2) is 113 Å². The molecular weight excluding hydrogens is 436 g/mol. The fourth-order valence-electron chi connectivity index (χ4n) is 3.47. The highest BCUT2D eigenvalue weighted by Crippen LogP contribution is 2.27. The van der Waals surface area contributed by atoms with Crippen LogP contribution in [0.3, 0.4) is 0 Å². The van der Waals surface area contributed by atoms with Gasteiger partial charge in [-0.1, -0.05) is 54.1 Å². The van der Waals surface area contributed by atoms with E-state index in [4.69, 9.17) is 4.42 Å². The van der Waals surface area contributed by atoms with E-state index in [1.165, 1.54) is 11.2 Å². The molecule has 33 heavy (non-hydrogen) atoms. The lowest BCUT2D eigenvalue weighted by atomic mass is 10.2. The Balaban J connectivity index is 1.71. The second-order valence-corrected chi connectivity index (χ2v) is 9.50. The normalized spacial score (nSPS) is 11.5. The van der Waals surface area contributed by atoms with Gasteiger partial charge in [0.25, 0.3) is 0 Å². The molecular formula is C26H24N2O4S. The molecule has 0 unspecified atom stereocenters. The van der Waals surface area contributed by atoms with Crippen molar-refractivity contribution in [3.8, 4) is 0 Å². The van der Waals surface area contributed by atoms with Crippen LogP contribution in [0.4, 0.5) is 11.4 Å². The van der Waals surface area contributed by atoms with Gasteiger partial charge in [0.15, 0.2) is 0 Å². The zero-order chi connectivity index (χ0) is 23.3. The Morgan fingerprint density at radius 1 is 0.788 bits per heavy atom. The minimum atomic E-state index is -3.96. The largest absolute Gasteiger partial charge is 0.468 e. The van der Waals surface area contributed by atoms with Gasteiger partial charge in [0, 0.05) is 11.4 Å². The number of hydrogen-bond acceptors (Lipinski definition) is 4. The molecule has 0 bridgehead atoms. The van der Waals surface area contributed by atoms with Gasteiger partial charge in [-0.25, -0.2) is 8.42 Å². The fourth-order valence-corrected chi connectivity index (χ4v) is 4.83. The summed E-state index contributed by atoms with van der Waals surface area (Å²) in [5.41, 5.74) is 2.25. The van der Waals surface area contributed by atoms with Crippen LogP contribution in [0.25, 0.3) is 0 Å². The van der Waals surface area contributed by atoms with E-state index >= 15 is 0 Å². The van der Waals surface area contributed by atoms with Gasteiger partial charge in [-0.15, -0.1) is 0 Å². The number of carbonyl (C=O) groups is 1. The quantitative estimate of drug-likeness (QED) is 0.365. The first kappa shape index (κ1) is 22.5. The topological polar surface area (TPSA) is 70.8 Å². The van der Waals surface area contributed by atoms with E-state index in [0.29, 0.717) is 17.1 Å². The van der Waals surface area contributed by atoms with Gasteiger partial charge in [0.1, 0.15) is 5.76 Å². The van der Waals surface area contributed by atoms with Crippen molar-refractivity contribution in [2.75, 3.05) is 11.4 Å². The SMILES string of the molecule is Cc1ccc(S(=O)(=O)N(CC(=O)N(c2ccccc2)c2ccccc2)Cc2ccco2)cc1. The fraction of sp³-hybridized carbons (Fsp3) is 0.115.